The first-order chi connectivity index (χ1) is 12.3. The maximum Gasteiger partial charge on any atom is 0.124 e. The van der Waals surface area contributed by atoms with Crippen LogP contribution in [0.1, 0.15) is 36.5 Å². The lowest BCUT2D eigenvalue weighted by Crippen LogP contribution is -2.37. The molecule has 2 aromatic carbocycles. The van der Waals surface area contributed by atoms with Gasteiger partial charge >= 0.3 is 0 Å². The number of nitrogens with one attached hydrogen (secondary N) is 1. The fraction of sp³-hybridized carbons (Fsp3) is 0.455. The number of likely N-dealkylation sites (N-methyl/N-ethyl adjacent to an activating group) is 1. The Morgan fingerprint density at radius 1 is 1.16 bits per heavy atom. The van der Waals surface area contributed by atoms with E-state index >= 15 is 0 Å². The summed E-state index contributed by atoms with van der Waals surface area (Å²) in [6, 6.07) is 17.5. The predicted molar refractivity (Wildman–Crippen MR) is 104 cm³/mol. The van der Waals surface area contributed by atoms with Crippen molar-refractivity contribution in [2.75, 3.05) is 19.6 Å². The first kappa shape index (κ1) is 18.0. The van der Waals surface area contributed by atoms with Crippen LogP contribution in [0.2, 0.25) is 0 Å². The summed E-state index contributed by atoms with van der Waals surface area (Å²) >= 11 is 0. The van der Waals surface area contributed by atoms with Gasteiger partial charge in [0.15, 0.2) is 0 Å². The van der Waals surface area contributed by atoms with E-state index in [9.17, 15) is 0 Å². The van der Waals surface area contributed by atoms with E-state index in [2.05, 4.69) is 66.5 Å². The number of likely N-dealkylation sites (tertiary alicyclic amines) is 1. The van der Waals surface area contributed by atoms with E-state index in [0.29, 0.717) is 12.6 Å². The molecule has 1 saturated heterocycles. The van der Waals surface area contributed by atoms with E-state index in [1.807, 2.05) is 6.07 Å². The van der Waals surface area contributed by atoms with Crippen LogP contribution in [0.3, 0.4) is 0 Å². The quantitative estimate of drug-likeness (QED) is 0.782. The highest BCUT2D eigenvalue weighted by Gasteiger charge is 2.22. The molecule has 0 radical (unpaired) electrons. The molecule has 0 spiro atoms. The molecular formula is C22H30N2O. The molecule has 3 rings (SSSR count). The molecule has 0 aliphatic carbocycles. The zero-order valence-corrected chi connectivity index (χ0v) is 15.5. The molecule has 1 aliphatic heterocycles. The number of para-hydroxylation sites is 1. The van der Waals surface area contributed by atoms with Crippen molar-refractivity contribution in [1.29, 1.82) is 0 Å². The van der Waals surface area contributed by atoms with Crippen molar-refractivity contribution in [3.63, 3.8) is 0 Å². The summed E-state index contributed by atoms with van der Waals surface area (Å²) in [5.74, 6) is 0.982. The minimum atomic E-state index is 0.616. The summed E-state index contributed by atoms with van der Waals surface area (Å²) < 4.78 is 6.09. The van der Waals surface area contributed by atoms with Gasteiger partial charge in [-0.05, 0) is 44.5 Å². The normalized spacial score (nSPS) is 17.8. The smallest absolute Gasteiger partial charge is 0.124 e. The Labute approximate surface area is 152 Å². The average molecular weight is 338 g/mol. The summed E-state index contributed by atoms with van der Waals surface area (Å²) in [7, 11) is 0. The second-order valence-corrected chi connectivity index (χ2v) is 6.94. The van der Waals surface area contributed by atoms with Crippen molar-refractivity contribution >= 4 is 0 Å². The molecule has 0 amide bonds. The second-order valence-electron chi connectivity index (χ2n) is 6.94. The molecule has 3 heteroatoms. The van der Waals surface area contributed by atoms with E-state index in [1.54, 1.807) is 0 Å². The molecule has 1 atom stereocenters. The van der Waals surface area contributed by atoms with Crippen LogP contribution >= 0.6 is 0 Å². The standard InChI is InChI=1S/C22H30N2O/c1-3-24-13-7-11-21(24)16-23-15-20-10-4-5-12-22(20)25-17-19-9-6-8-18(2)14-19/h4-6,8-10,12,14,21,23H,3,7,11,13,15-17H2,1-2H3/t21-/m0/s1. The van der Waals surface area contributed by atoms with Crippen LogP contribution in [0.4, 0.5) is 0 Å². The molecule has 0 bridgehead atoms. The fourth-order valence-electron chi connectivity index (χ4n) is 3.67. The molecule has 0 aromatic heterocycles. The Morgan fingerprint density at radius 3 is 2.88 bits per heavy atom. The average Bonchev–Trinajstić information content (AvgIpc) is 3.08. The molecule has 0 saturated carbocycles. The number of aryl methyl sites for hydroxylation is 1. The number of benzene rings is 2. The maximum absolute atomic E-state index is 6.09. The van der Waals surface area contributed by atoms with Gasteiger partial charge in [-0.15, -0.1) is 0 Å². The Kier molecular flexibility index (Phi) is 6.48. The van der Waals surface area contributed by atoms with Crippen molar-refractivity contribution in [1.82, 2.24) is 10.2 Å². The minimum Gasteiger partial charge on any atom is -0.489 e. The van der Waals surface area contributed by atoms with Crippen LogP contribution in [0.25, 0.3) is 0 Å². The molecule has 1 aliphatic rings. The molecule has 2 aromatic rings. The number of rotatable bonds is 8. The number of nitrogens with zero attached hydrogens (tertiary/aromatic N) is 1. The summed E-state index contributed by atoms with van der Waals surface area (Å²) in [5.41, 5.74) is 3.72. The molecule has 1 fully saturated rings. The summed E-state index contributed by atoms with van der Waals surface area (Å²) in [5, 5.41) is 3.63. The van der Waals surface area contributed by atoms with E-state index in [-0.39, 0.29) is 0 Å². The highest BCUT2D eigenvalue weighted by atomic mass is 16.5. The first-order valence-electron chi connectivity index (χ1n) is 9.47. The fourth-order valence-corrected chi connectivity index (χ4v) is 3.67. The molecule has 1 N–H and O–H groups in total. The molecular weight excluding hydrogens is 308 g/mol. The van der Waals surface area contributed by atoms with Gasteiger partial charge in [-0.2, -0.15) is 0 Å². The summed E-state index contributed by atoms with van der Waals surface area (Å²) in [6.07, 6.45) is 2.64. The third-order valence-corrected chi connectivity index (χ3v) is 5.05. The maximum atomic E-state index is 6.09. The molecule has 25 heavy (non-hydrogen) atoms. The van der Waals surface area contributed by atoms with Crippen LogP contribution < -0.4 is 10.1 Å². The zero-order chi connectivity index (χ0) is 17.5. The Balaban J connectivity index is 1.53. The third-order valence-electron chi connectivity index (χ3n) is 5.05. The van der Waals surface area contributed by atoms with Gasteiger partial charge in [0, 0.05) is 24.7 Å². The highest BCUT2D eigenvalue weighted by Crippen LogP contribution is 2.20. The van der Waals surface area contributed by atoms with Crippen molar-refractivity contribution in [2.24, 2.45) is 0 Å². The number of ether oxygens (including phenoxy) is 1. The van der Waals surface area contributed by atoms with Gasteiger partial charge < -0.3 is 10.1 Å². The van der Waals surface area contributed by atoms with Crippen LogP contribution in [0.5, 0.6) is 5.75 Å². The van der Waals surface area contributed by atoms with E-state index in [4.69, 9.17) is 4.74 Å². The predicted octanol–water partition coefficient (Wildman–Crippen LogP) is 4.15. The summed E-state index contributed by atoms with van der Waals surface area (Å²) in [6.45, 7) is 9.31. The van der Waals surface area contributed by atoms with Crippen LogP contribution in [-0.2, 0) is 13.2 Å². The lowest BCUT2D eigenvalue weighted by atomic mass is 10.1. The van der Waals surface area contributed by atoms with Crippen LogP contribution in [0, 0.1) is 6.92 Å². The lowest BCUT2D eigenvalue weighted by molar-refractivity contribution is 0.259. The molecule has 1 heterocycles. The van der Waals surface area contributed by atoms with E-state index < -0.39 is 0 Å². The van der Waals surface area contributed by atoms with Gasteiger partial charge in [0.1, 0.15) is 12.4 Å². The van der Waals surface area contributed by atoms with Gasteiger partial charge in [-0.1, -0.05) is 55.0 Å². The van der Waals surface area contributed by atoms with Crippen molar-refractivity contribution < 1.29 is 4.74 Å². The minimum absolute atomic E-state index is 0.616. The van der Waals surface area contributed by atoms with Gasteiger partial charge in [0.25, 0.3) is 0 Å². The first-order valence-corrected chi connectivity index (χ1v) is 9.47. The van der Waals surface area contributed by atoms with Crippen molar-refractivity contribution in [3.05, 3.63) is 65.2 Å². The Hall–Kier alpha value is -1.84. The highest BCUT2D eigenvalue weighted by molar-refractivity contribution is 5.33. The molecule has 134 valence electrons. The topological polar surface area (TPSA) is 24.5 Å². The lowest BCUT2D eigenvalue weighted by Gasteiger charge is -2.23. The summed E-state index contributed by atoms with van der Waals surface area (Å²) in [4.78, 5) is 2.58. The monoisotopic (exact) mass is 338 g/mol. The van der Waals surface area contributed by atoms with Gasteiger partial charge in [0.05, 0.1) is 0 Å². The zero-order valence-electron chi connectivity index (χ0n) is 15.5. The van der Waals surface area contributed by atoms with Crippen molar-refractivity contribution in [3.8, 4) is 5.75 Å². The van der Waals surface area contributed by atoms with Crippen LogP contribution in [-0.4, -0.2) is 30.6 Å². The number of hydrogen-bond donors (Lipinski definition) is 1. The molecule has 3 nitrogen and oxygen atoms in total. The number of hydrogen-bond acceptors (Lipinski definition) is 3. The van der Waals surface area contributed by atoms with Gasteiger partial charge in [-0.25, -0.2) is 0 Å². The Bertz CT molecular complexity index is 671. The van der Waals surface area contributed by atoms with E-state index in [1.165, 1.54) is 36.1 Å². The second kappa shape index (κ2) is 9.02. The van der Waals surface area contributed by atoms with E-state index in [0.717, 1.165) is 25.4 Å². The van der Waals surface area contributed by atoms with Crippen LogP contribution in [0.15, 0.2) is 48.5 Å². The van der Waals surface area contributed by atoms with Crippen molar-refractivity contribution in [2.45, 2.75) is 45.9 Å². The molecule has 0 unspecified atom stereocenters. The van der Waals surface area contributed by atoms with Gasteiger partial charge in [-0.3, -0.25) is 4.90 Å². The third kappa shape index (κ3) is 5.07. The largest absolute Gasteiger partial charge is 0.489 e. The SMILES string of the molecule is CCN1CCC[C@H]1CNCc1ccccc1OCc1cccc(C)c1. The Morgan fingerprint density at radius 2 is 2.04 bits per heavy atom. The van der Waals surface area contributed by atoms with Gasteiger partial charge in [0.2, 0.25) is 0 Å².